The van der Waals surface area contributed by atoms with Crippen LogP contribution >= 0.6 is 11.6 Å². The van der Waals surface area contributed by atoms with Gasteiger partial charge >= 0.3 is 0 Å². The number of aromatic amines is 1. The number of aromatic nitrogens is 1. The summed E-state index contributed by atoms with van der Waals surface area (Å²) in [5, 5.41) is 8.80. The molecule has 1 heterocycles. The molecule has 0 aliphatic carbocycles. The molecule has 4 nitrogen and oxygen atoms in total. The zero-order chi connectivity index (χ0) is 12.5. The first kappa shape index (κ1) is 12.0. The Hall–Kier alpha value is -1.51. The van der Waals surface area contributed by atoms with Crippen molar-refractivity contribution in [2.24, 2.45) is 0 Å². The van der Waals surface area contributed by atoms with Gasteiger partial charge in [-0.3, -0.25) is 0 Å². The fourth-order valence-electron chi connectivity index (χ4n) is 1.76. The van der Waals surface area contributed by atoms with Crippen molar-refractivity contribution in [3.05, 3.63) is 30.0 Å². The first-order valence-electron chi connectivity index (χ1n) is 4.85. The summed E-state index contributed by atoms with van der Waals surface area (Å²) in [6.45, 7) is 0. The molecule has 17 heavy (non-hydrogen) atoms. The molecule has 0 fully saturated rings. The lowest BCUT2D eigenvalue weighted by atomic mass is 10.1. The Bertz CT molecular complexity index is 698. The van der Waals surface area contributed by atoms with Crippen LogP contribution < -0.4 is 0 Å². The number of hydrogen-bond acceptors (Lipinski definition) is 3. The number of benzene rings is 1. The summed E-state index contributed by atoms with van der Waals surface area (Å²) in [6.07, 6.45) is 1.82. The van der Waals surface area contributed by atoms with Crippen LogP contribution in [0.4, 0.5) is 0 Å². The standard InChI is InChI=1S/C11H9ClN2O2S/c12-7-17(15,16)10-3-1-2-9-11(10)8(4-5-13)6-14-9/h1-3,6,14H,4,7H2. The van der Waals surface area contributed by atoms with Crippen LogP contribution in [-0.2, 0) is 16.3 Å². The summed E-state index contributed by atoms with van der Waals surface area (Å²) in [5.74, 6) is 0. The summed E-state index contributed by atoms with van der Waals surface area (Å²) < 4.78 is 23.7. The summed E-state index contributed by atoms with van der Waals surface area (Å²) in [5.41, 5.74) is 1.37. The van der Waals surface area contributed by atoms with Crippen LogP contribution in [0, 0.1) is 11.3 Å². The van der Waals surface area contributed by atoms with Crippen LogP contribution in [0.15, 0.2) is 29.3 Å². The molecule has 1 N–H and O–H groups in total. The molecule has 0 atom stereocenters. The highest BCUT2D eigenvalue weighted by atomic mass is 35.5. The number of fused-ring (bicyclic) bond motifs is 1. The van der Waals surface area contributed by atoms with Gasteiger partial charge in [0.2, 0.25) is 0 Å². The lowest BCUT2D eigenvalue weighted by Crippen LogP contribution is -2.03. The highest BCUT2D eigenvalue weighted by Crippen LogP contribution is 2.27. The minimum atomic E-state index is -3.50. The second kappa shape index (κ2) is 4.40. The quantitative estimate of drug-likeness (QED) is 0.867. The lowest BCUT2D eigenvalue weighted by molar-refractivity contribution is 0.601. The molecule has 2 rings (SSSR count). The number of alkyl halides is 1. The third kappa shape index (κ3) is 2.02. The predicted molar refractivity (Wildman–Crippen MR) is 65.5 cm³/mol. The van der Waals surface area contributed by atoms with Crippen molar-refractivity contribution in [1.82, 2.24) is 4.98 Å². The van der Waals surface area contributed by atoms with Crippen molar-refractivity contribution in [2.45, 2.75) is 11.3 Å². The normalized spacial score (nSPS) is 11.5. The minimum absolute atomic E-state index is 0.162. The largest absolute Gasteiger partial charge is 0.361 e. The van der Waals surface area contributed by atoms with Crippen LogP contribution in [0.5, 0.6) is 0 Å². The van der Waals surface area contributed by atoms with Crippen LogP contribution in [0.1, 0.15) is 5.56 Å². The van der Waals surface area contributed by atoms with Gasteiger partial charge in [-0.05, 0) is 17.7 Å². The average molecular weight is 269 g/mol. The van der Waals surface area contributed by atoms with E-state index in [0.717, 1.165) is 0 Å². The Balaban J connectivity index is 2.80. The number of sulfone groups is 1. The van der Waals surface area contributed by atoms with Crippen LogP contribution in [0.2, 0.25) is 0 Å². The Labute approximate surface area is 104 Å². The van der Waals surface area contributed by atoms with Crippen LogP contribution in [0.3, 0.4) is 0 Å². The van der Waals surface area contributed by atoms with Gasteiger partial charge in [0.25, 0.3) is 0 Å². The van der Waals surface area contributed by atoms with Crippen molar-refractivity contribution < 1.29 is 8.42 Å². The van der Waals surface area contributed by atoms with E-state index in [1.165, 1.54) is 6.07 Å². The van der Waals surface area contributed by atoms with Crippen molar-refractivity contribution in [1.29, 1.82) is 5.26 Å². The Morgan fingerprint density at radius 1 is 1.41 bits per heavy atom. The fraction of sp³-hybridized carbons (Fsp3) is 0.182. The number of H-pyrrole nitrogens is 1. The molecule has 0 saturated heterocycles. The summed E-state index contributed by atoms with van der Waals surface area (Å²) in [4.78, 5) is 3.13. The van der Waals surface area contributed by atoms with E-state index in [-0.39, 0.29) is 11.3 Å². The number of nitrogens with one attached hydrogen (secondary N) is 1. The minimum Gasteiger partial charge on any atom is -0.361 e. The summed E-state index contributed by atoms with van der Waals surface area (Å²) in [7, 11) is -3.50. The molecule has 0 aliphatic rings. The van der Waals surface area contributed by atoms with Gasteiger partial charge in [-0.15, -0.1) is 11.6 Å². The molecule has 0 bridgehead atoms. The van der Waals surface area contributed by atoms with Crippen molar-refractivity contribution in [2.75, 3.05) is 5.21 Å². The Kier molecular flexibility index (Phi) is 3.09. The van der Waals surface area contributed by atoms with Crippen LogP contribution in [-0.4, -0.2) is 18.6 Å². The second-order valence-electron chi connectivity index (χ2n) is 3.55. The number of nitrogens with zero attached hydrogens (tertiary/aromatic N) is 1. The van der Waals surface area contributed by atoms with E-state index in [9.17, 15) is 8.42 Å². The maximum atomic E-state index is 11.8. The zero-order valence-electron chi connectivity index (χ0n) is 8.77. The number of halogens is 1. The maximum absolute atomic E-state index is 11.8. The van der Waals surface area contributed by atoms with Gasteiger partial charge in [0.1, 0.15) is 5.21 Å². The molecule has 0 amide bonds. The smallest absolute Gasteiger partial charge is 0.192 e. The van der Waals surface area contributed by atoms with Gasteiger partial charge in [0.05, 0.1) is 17.4 Å². The topological polar surface area (TPSA) is 73.7 Å². The highest BCUT2D eigenvalue weighted by Gasteiger charge is 2.19. The van der Waals surface area contributed by atoms with Gasteiger partial charge in [-0.1, -0.05) is 6.07 Å². The van der Waals surface area contributed by atoms with E-state index in [4.69, 9.17) is 16.9 Å². The number of nitriles is 1. The molecule has 6 heteroatoms. The van der Waals surface area contributed by atoms with Crippen molar-refractivity contribution in [3.63, 3.8) is 0 Å². The molecule has 1 aromatic carbocycles. The molecular weight excluding hydrogens is 260 g/mol. The molecule has 1 aromatic heterocycles. The summed E-state index contributed by atoms with van der Waals surface area (Å²) >= 11 is 5.46. The first-order chi connectivity index (χ1) is 8.10. The van der Waals surface area contributed by atoms with E-state index in [1.54, 1.807) is 18.3 Å². The van der Waals surface area contributed by atoms with E-state index in [2.05, 4.69) is 4.98 Å². The molecule has 0 spiro atoms. The van der Waals surface area contributed by atoms with Gasteiger partial charge < -0.3 is 4.98 Å². The molecule has 0 radical (unpaired) electrons. The molecule has 0 aliphatic heterocycles. The Morgan fingerprint density at radius 3 is 2.82 bits per heavy atom. The molecular formula is C11H9ClN2O2S. The predicted octanol–water partition coefficient (Wildman–Crippen LogP) is 2.20. The molecule has 2 aromatic rings. The summed E-state index contributed by atoms with van der Waals surface area (Å²) in [6, 6.07) is 6.93. The van der Waals surface area contributed by atoms with E-state index in [0.29, 0.717) is 16.5 Å². The van der Waals surface area contributed by atoms with Crippen LogP contribution in [0.25, 0.3) is 10.9 Å². The fourth-order valence-corrected chi connectivity index (χ4v) is 3.07. The van der Waals surface area contributed by atoms with Crippen molar-refractivity contribution in [3.8, 4) is 6.07 Å². The highest BCUT2D eigenvalue weighted by molar-refractivity contribution is 7.92. The van der Waals surface area contributed by atoms with Crippen molar-refractivity contribution >= 4 is 32.3 Å². The third-order valence-electron chi connectivity index (χ3n) is 2.50. The second-order valence-corrected chi connectivity index (χ2v) is 6.09. The van der Waals surface area contributed by atoms with Gasteiger partial charge in [-0.25, -0.2) is 8.42 Å². The molecule has 0 saturated carbocycles. The van der Waals surface area contributed by atoms with E-state index in [1.807, 2.05) is 6.07 Å². The average Bonchev–Trinajstić information content (AvgIpc) is 2.73. The number of hydrogen-bond donors (Lipinski definition) is 1. The van der Waals surface area contributed by atoms with Gasteiger partial charge in [-0.2, -0.15) is 5.26 Å². The first-order valence-corrected chi connectivity index (χ1v) is 7.03. The van der Waals surface area contributed by atoms with Gasteiger partial charge in [0, 0.05) is 17.1 Å². The number of rotatable bonds is 3. The molecule has 0 unspecified atom stereocenters. The zero-order valence-corrected chi connectivity index (χ0v) is 10.3. The third-order valence-corrected chi connectivity index (χ3v) is 4.66. The van der Waals surface area contributed by atoms with E-state index < -0.39 is 15.0 Å². The van der Waals surface area contributed by atoms with Gasteiger partial charge in [0.15, 0.2) is 9.84 Å². The SMILES string of the molecule is N#CCc1c[nH]c2cccc(S(=O)(=O)CCl)c12. The maximum Gasteiger partial charge on any atom is 0.192 e. The lowest BCUT2D eigenvalue weighted by Gasteiger charge is -2.03. The molecule has 88 valence electrons. The monoisotopic (exact) mass is 268 g/mol. The van der Waals surface area contributed by atoms with E-state index >= 15 is 0 Å². The Morgan fingerprint density at radius 2 is 2.18 bits per heavy atom.